The maximum Gasteiger partial charge on any atom is 0.490 e. The summed E-state index contributed by atoms with van der Waals surface area (Å²) in [5.74, 6) is -4.00. The molecule has 0 radical (unpaired) electrons. The predicted molar refractivity (Wildman–Crippen MR) is 76.8 cm³/mol. The van der Waals surface area contributed by atoms with Crippen LogP contribution in [0.5, 0.6) is 0 Å². The molecule has 0 unspecified atom stereocenters. The van der Waals surface area contributed by atoms with Gasteiger partial charge in [-0.1, -0.05) is 0 Å². The smallest absolute Gasteiger partial charge is 0.481 e. The average Bonchev–Trinajstić information content (AvgIpc) is 2.54. The van der Waals surface area contributed by atoms with E-state index < -0.39 is 24.0 Å². The maximum absolute atomic E-state index is 11.0. The van der Waals surface area contributed by atoms with Crippen LogP contribution in [0.15, 0.2) is 12.3 Å². The average molecular weight is 364 g/mol. The van der Waals surface area contributed by atoms with E-state index in [1.54, 1.807) is 0 Å². The van der Waals surface area contributed by atoms with Crippen molar-refractivity contribution in [2.45, 2.75) is 19.0 Å². The highest BCUT2D eigenvalue weighted by Crippen LogP contribution is 2.20. The highest BCUT2D eigenvalue weighted by molar-refractivity contribution is 5.90. The summed E-state index contributed by atoms with van der Waals surface area (Å²) < 4.78 is 31.7. The quantitative estimate of drug-likeness (QED) is 0.703. The number of rotatable bonds is 3. The van der Waals surface area contributed by atoms with Crippen molar-refractivity contribution < 1.29 is 37.8 Å². The number of anilines is 1. The molecule has 0 atom stereocenters. The van der Waals surface area contributed by atoms with E-state index in [1.807, 2.05) is 4.90 Å². The molecular weight excluding hydrogens is 349 g/mol. The Morgan fingerprint density at radius 3 is 2.12 bits per heavy atom. The number of hydrogen-bond acceptors (Lipinski definition) is 6. The van der Waals surface area contributed by atoms with Gasteiger partial charge in [0.05, 0.1) is 5.92 Å². The van der Waals surface area contributed by atoms with Crippen LogP contribution in [-0.2, 0) is 9.59 Å². The third-order valence-electron chi connectivity index (χ3n) is 3.26. The summed E-state index contributed by atoms with van der Waals surface area (Å²) in [6.45, 7) is 1.14. The molecule has 9 nitrogen and oxygen atoms in total. The number of aromatic nitrogens is 2. The van der Waals surface area contributed by atoms with Crippen LogP contribution in [0.4, 0.5) is 19.1 Å². The first kappa shape index (κ1) is 20.1. The number of carbonyl (C=O) groups excluding carboxylic acids is 1. The van der Waals surface area contributed by atoms with Crippen LogP contribution in [-0.4, -0.2) is 57.3 Å². The number of carboxylic acids is 2. The fourth-order valence-corrected chi connectivity index (χ4v) is 1.96. The lowest BCUT2D eigenvalue weighted by atomic mass is 9.97. The van der Waals surface area contributed by atoms with Gasteiger partial charge >= 0.3 is 18.1 Å². The lowest BCUT2D eigenvalue weighted by molar-refractivity contribution is -0.192. The molecule has 138 valence electrons. The molecule has 2 rings (SSSR count). The number of hydrogen-bond donors (Lipinski definition) is 3. The monoisotopic (exact) mass is 364 g/mol. The molecule has 2 heterocycles. The standard InChI is InChI=1S/C11H14N4O3.C2HF3O2/c12-9(16)8-1-4-13-11(14-8)15-5-2-7(3-6-15)10(17)18;3-2(4,5)1(6)7/h1,4,7H,2-3,5-6H2,(H2,12,16)(H,17,18);(H,6,7). The summed E-state index contributed by atoms with van der Waals surface area (Å²) in [5, 5.41) is 16.0. The van der Waals surface area contributed by atoms with Crippen LogP contribution in [0, 0.1) is 5.92 Å². The Morgan fingerprint density at radius 1 is 1.20 bits per heavy atom. The first-order valence-electron chi connectivity index (χ1n) is 6.93. The Morgan fingerprint density at radius 2 is 1.72 bits per heavy atom. The summed E-state index contributed by atoms with van der Waals surface area (Å²) in [7, 11) is 0. The minimum Gasteiger partial charge on any atom is -0.481 e. The molecule has 12 heteroatoms. The van der Waals surface area contributed by atoms with Crippen molar-refractivity contribution in [1.82, 2.24) is 9.97 Å². The molecule has 1 saturated heterocycles. The van der Waals surface area contributed by atoms with Gasteiger partial charge in [-0.05, 0) is 18.9 Å². The predicted octanol–water partition coefficient (Wildman–Crippen LogP) is 0.510. The van der Waals surface area contributed by atoms with E-state index in [1.165, 1.54) is 12.3 Å². The zero-order valence-corrected chi connectivity index (χ0v) is 12.7. The number of piperidine rings is 1. The molecule has 1 aliphatic rings. The Labute approximate surface area is 139 Å². The number of alkyl halides is 3. The normalized spacial score (nSPS) is 15.1. The fraction of sp³-hybridized carbons (Fsp3) is 0.462. The number of primary amides is 1. The number of nitrogens with zero attached hydrogens (tertiary/aromatic N) is 3. The fourth-order valence-electron chi connectivity index (χ4n) is 1.96. The van der Waals surface area contributed by atoms with Gasteiger partial charge < -0.3 is 20.8 Å². The van der Waals surface area contributed by atoms with E-state index in [0.717, 1.165) is 0 Å². The van der Waals surface area contributed by atoms with Gasteiger partial charge in [0.2, 0.25) is 5.95 Å². The third kappa shape index (κ3) is 6.24. The summed E-state index contributed by atoms with van der Waals surface area (Å²) in [6.07, 6.45) is -2.50. The Kier molecular flexibility index (Phi) is 6.65. The summed E-state index contributed by atoms with van der Waals surface area (Å²) in [6, 6.07) is 1.45. The van der Waals surface area contributed by atoms with Crippen molar-refractivity contribution >= 4 is 23.8 Å². The lowest BCUT2D eigenvalue weighted by Gasteiger charge is -2.30. The van der Waals surface area contributed by atoms with Crippen LogP contribution in [0.25, 0.3) is 0 Å². The van der Waals surface area contributed by atoms with Crippen molar-refractivity contribution in [2.75, 3.05) is 18.0 Å². The number of carboxylic acid groups (broad SMARTS) is 2. The van der Waals surface area contributed by atoms with Gasteiger partial charge in [0.1, 0.15) is 5.69 Å². The first-order valence-corrected chi connectivity index (χ1v) is 6.93. The van der Waals surface area contributed by atoms with E-state index in [0.29, 0.717) is 31.9 Å². The molecule has 1 aromatic heterocycles. The Balaban J connectivity index is 0.000000381. The van der Waals surface area contributed by atoms with Crippen molar-refractivity contribution in [2.24, 2.45) is 11.7 Å². The number of aliphatic carboxylic acids is 2. The van der Waals surface area contributed by atoms with Crippen LogP contribution in [0.2, 0.25) is 0 Å². The summed E-state index contributed by atoms with van der Waals surface area (Å²) in [5.41, 5.74) is 5.32. The van der Waals surface area contributed by atoms with Gasteiger partial charge in [0, 0.05) is 19.3 Å². The SMILES string of the molecule is NC(=O)c1ccnc(N2CCC(C(=O)O)CC2)n1.O=C(O)C(F)(F)F. The molecule has 0 aliphatic carbocycles. The lowest BCUT2D eigenvalue weighted by Crippen LogP contribution is -2.37. The van der Waals surface area contributed by atoms with Crippen molar-refractivity contribution in [3.8, 4) is 0 Å². The van der Waals surface area contributed by atoms with Crippen LogP contribution in [0.3, 0.4) is 0 Å². The molecule has 1 aromatic rings. The van der Waals surface area contributed by atoms with Crippen molar-refractivity contribution in [1.29, 1.82) is 0 Å². The third-order valence-corrected chi connectivity index (χ3v) is 3.26. The molecule has 1 amide bonds. The van der Waals surface area contributed by atoms with Gasteiger partial charge in [-0.15, -0.1) is 0 Å². The topological polar surface area (TPSA) is 147 Å². The van der Waals surface area contributed by atoms with E-state index in [-0.39, 0.29) is 11.6 Å². The number of amides is 1. The maximum atomic E-state index is 11.0. The summed E-state index contributed by atoms with van der Waals surface area (Å²) >= 11 is 0. The number of halogens is 3. The van der Waals surface area contributed by atoms with E-state index >= 15 is 0 Å². The second-order valence-corrected chi connectivity index (χ2v) is 5.01. The molecule has 0 aromatic carbocycles. The zero-order valence-electron chi connectivity index (χ0n) is 12.7. The van der Waals surface area contributed by atoms with Crippen LogP contribution >= 0.6 is 0 Å². The second-order valence-electron chi connectivity index (χ2n) is 5.01. The molecule has 0 saturated carbocycles. The van der Waals surface area contributed by atoms with E-state index in [9.17, 15) is 22.8 Å². The number of carbonyl (C=O) groups is 3. The van der Waals surface area contributed by atoms with Gasteiger partial charge in [0.15, 0.2) is 0 Å². The molecule has 25 heavy (non-hydrogen) atoms. The van der Waals surface area contributed by atoms with Gasteiger partial charge in [-0.25, -0.2) is 14.8 Å². The van der Waals surface area contributed by atoms with E-state index in [4.69, 9.17) is 20.7 Å². The van der Waals surface area contributed by atoms with Crippen molar-refractivity contribution in [3.05, 3.63) is 18.0 Å². The molecular formula is C13H15F3N4O5. The molecule has 4 N–H and O–H groups in total. The van der Waals surface area contributed by atoms with Gasteiger partial charge in [-0.2, -0.15) is 13.2 Å². The van der Waals surface area contributed by atoms with Crippen LogP contribution < -0.4 is 10.6 Å². The molecule has 0 spiro atoms. The highest BCUT2D eigenvalue weighted by Gasteiger charge is 2.38. The Hall–Kier alpha value is -2.92. The Bertz CT molecular complexity index is 645. The zero-order chi connectivity index (χ0) is 19.2. The van der Waals surface area contributed by atoms with E-state index in [2.05, 4.69) is 9.97 Å². The minimum atomic E-state index is -5.08. The first-order chi connectivity index (χ1) is 11.5. The van der Waals surface area contributed by atoms with Gasteiger partial charge in [0.25, 0.3) is 5.91 Å². The minimum absolute atomic E-state index is 0.167. The van der Waals surface area contributed by atoms with Gasteiger partial charge in [-0.3, -0.25) is 9.59 Å². The van der Waals surface area contributed by atoms with Crippen LogP contribution in [0.1, 0.15) is 23.3 Å². The largest absolute Gasteiger partial charge is 0.490 e. The highest BCUT2D eigenvalue weighted by atomic mass is 19.4. The molecule has 0 bridgehead atoms. The molecule has 1 aliphatic heterocycles. The summed E-state index contributed by atoms with van der Waals surface area (Å²) in [4.78, 5) is 40.7. The van der Waals surface area contributed by atoms with Crippen molar-refractivity contribution in [3.63, 3.8) is 0 Å². The number of nitrogens with two attached hydrogens (primary N) is 1. The second kappa shape index (κ2) is 8.26. The molecule has 1 fully saturated rings.